The van der Waals surface area contributed by atoms with E-state index in [4.69, 9.17) is 4.52 Å². The summed E-state index contributed by atoms with van der Waals surface area (Å²) in [6, 6.07) is 0.203. The van der Waals surface area contributed by atoms with Crippen molar-refractivity contribution in [3.05, 3.63) is 24.5 Å². The molecule has 1 aliphatic carbocycles. The molecule has 1 saturated heterocycles. The van der Waals surface area contributed by atoms with E-state index in [0.717, 1.165) is 25.7 Å². The minimum absolute atomic E-state index is 0.121. The Kier molecular flexibility index (Phi) is 4.59. The van der Waals surface area contributed by atoms with Crippen LogP contribution in [0.2, 0.25) is 0 Å². The average Bonchev–Trinajstić information content (AvgIpc) is 3.16. The first kappa shape index (κ1) is 16.6. The van der Waals surface area contributed by atoms with Crippen LogP contribution in [0.15, 0.2) is 23.1 Å². The summed E-state index contributed by atoms with van der Waals surface area (Å²) < 4.78 is 5.20. The first-order valence-corrected chi connectivity index (χ1v) is 8.91. The molecule has 0 radical (unpaired) electrons. The summed E-state index contributed by atoms with van der Waals surface area (Å²) in [6.45, 7) is 1.15. The van der Waals surface area contributed by atoms with Gasteiger partial charge in [-0.05, 0) is 12.8 Å². The number of aromatic nitrogens is 4. The second kappa shape index (κ2) is 7.19. The van der Waals surface area contributed by atoms with E-state index in [-0.39, 0.29) is 18.5 Å². The van der Waals surface area contributed by atoms with Crippen molar-refractivity contribution in [3.63, 3.8) is 0 Å². The second-order valence-corrected chi connectivity index (χ2v) is 6.62. The molecule has 2 fully saturated rings. The van der Waals surface area contributed by atoms with E-state index in [1.54, 1.807) is 11.1 Å². The number of piperazine rings is 1. The topological polar surface area (TPSA) is 105 Å². The quantitative estimate of drug-likeness (QED) is 0.753. The molecule has 1 aliphatic heterocycles. The molecule has 0 atom stereocenters. The summed E-state index contributed by atoms with van der Waals surface area (Å²) in [5, 5.41) is 3.86. The summed E-state index contributed by atoms with van der Waals surface area (Å²) >= 11 is 0. The summed E-state index contributed by atoms with van der Waals surface area (Å²) in [6.07, 6.45) is 10.1. The van der Waals surface area contributed by atoms with Crippen molar-refractivity contribution < 1.29 is 14.1 Å². The molecular weight excluding hydrogens is 336 g/mol. The highest BCUT2D eigenvalue weighted by atomic mass is 16.5. The van der Waals surface area contributed by atoms with Gasteiger partial charge in [-0.3, -0.25) is 14.6 Å². The zero-order chi connectivity index (χ0) is 17.9. The van der Waals surface area contributed by atoms with Crippen molar-refractivity contribution in [2.24, 2.45) is 0 Å². The highest BCUT2D eigenvalue weighted by Crippen LogP contribution is 2.24. The van der Waals surface area contributed by atoms with Gasteiger partial charge in [-0.15, -0.1) is 0 Å². The molecule has 2 aromatic heterocycles. The maximum atomic E-state index is 12.5. The van der Waals surface area contributed by atoms with Crippen LogP contribution in [0, 0.1) is 0 Å². The molecule has 9 heteroatoms. The van der Waals surface area contributed by atoms with Crippen molar-refractivity contribution in [3.8, 4) is 11.5 Å². The molecule has 0 aromatic carbocycles. The Labute approximate surface area is 150 Å². The van der Waals surface area contributed by atoms with E-state index in [1.165, 1.54) is 23.7 Å². The van der Waals surface area contributed by atoms with Crippen molar-refractivity contribution in [1.29, 1.82) is 0 Å². The summed E-state index contributed by atoms with van der Waals surface area (Å²) in [5.74, 6) is -0.330. The van der Waals surface area contributed by atoms with Gasteiger partial charge in [0.2, 0.25) is 11.7 Å². The lowest BCUT2D eigenvalue weighted by molar-refractivity contribution is -0.158. The van der Waals surface area contributed by atoms with Crippen molar-refractivity contribution in [2.75, 3.05) is 13.1 Å². The summed E-state index contributed by atoms with van der Waals surface area (Å²) in [4.78, 5) is 40.5. The Balaban J connectivity index is 1.41. The van der Waals surface area contributed by atoms with Crippen LogP contribution in [0.4, 0.5) is 0 Å². The monoisotopic (exact) mass is 356 g/mol. The Morgan fingerprint density at radius 3 is 2.69 bits per heavy atom. The van der Waals surface area contributed by atoms with Crippen LogP contribution in [-0.2, 0) is 16.1 Å². The molecule has 0 unspecified atom stereocenters. The van der Waals surface area contributed by atoms with E-state index < -0.39 is 11.8 Å². The Morgan fingerprint density at radius 1 is 1.08 bits per heavy atom. The average molecular weight is 356 g/mol. The fraction of sp³-hybridized carbons (Fsp3) is 0.529. The Bertz CT molecular complexity index is 787. The van der Waals surface area contributed by atoms with E-state index in [1.807, 2.05) is 0 Å². The molecule has 136 valence electrons. The largest absolute Gasteiger partial charge is 0.337 e. The van der Waals surface area contributed by atoms with Gasteiger partial charge in [0, 0.05) is 31.5 Å². The van der Waals surface area contributed by atoms with Gasteiger partial charge >= 0.3 is 11.8 Å². The molecule has 1 saturated carbocycles. The Hall–Kier alpha value is -2.84. The minimum Gasteiger partial charge on any atom is -0.337 e. The van der Waals surface area contributed by atoms with Gasteiger partial charge in [-0.1, -0.05) is 24.4 Å². The van der Waals surface area contributed by atoms with E-state index in [2.05, 4.69) is 20.1 Å². The van der Waals surface area contributed by atoms with Crippen LogP contribution in [0.3, 0.4) is 0 Å². The van der Waals surface area contributed by atoms with Crippen molar-refractivity contribution in [1.82, 2.24) is 29.9 Å². The van der Waals surface area contributed by atoms with Gasteiger partial charge in [0.1, 0.15) is 12.2 Å². The number of nitrogens with zero attached hydrogens (tertiary/aromatic N) is 6. The number of carbonyl (C=O) groups excluding carboxylic acids is 2. The van der Waals surface area contributed by atoms with E-state index in [9.17, 15) is 9.59 Å². The van der Waals surface area contributed by atoms with Crippen LogP contribution in [-0.4, -0.2) is 60.9 Å². The molecule has 4 rings (SSSR count). The lowest BCUT2D eigenvalue weighted by Crippen LogP contribution is -2.57. The smallest absolute Gasteiger partial charge is 0.312 e. The second-order valence-electron chi connectivity index (χ2n) is 6.62. The normalized spacial score (nSPS) is 19.2. The lowest BCUT2D eigenvalue weighted by atomic mass is 9.93. The predicted molar refractivity (Wildman–Crippen MR) is 89.3 cm³/mol. The third kappa shape index (κ3) is 3.29. The van der Waals surface area contributed by atoms with Gasteiger partial charge < -0.3 is 14.3 Å². The maximum Gasteiger partial charge on any atom is 0.312 e. The molecule has 9 nitrogen and oxygen atoms in total. The van der Waals surface area contributed by atoms with E-state index >= 15 is 0 Å². The van der Waals surface area contributed by atoms with E-state index in [0.29, 0.717) is 24.6 Å². The number of hydrogen-bond donors (Lipinski definition) is 0. The number of amides is 2. The fourth-order valence-corrected chi connectivity index (χ4v) is 3.58. The van der Waals surface area contributed by atoms with Crippen molar-refractivity contribution in [2.45, 2.75) is 44.7 Å². The molecule has 2 aliphatic rings. The van der Waals surface area contributed by atoms with Crippen LogP contribution in [0.5, 0.6) is 0 Å². The van der Waals surface area contributed by atoms with Crippen molar-refractivity contribution >= 4 is 11.8 Å². The maximum absolute atomic E-state index is 12.5. The molecule has 0 bridgehead atoms. The van der Waals surface area contributed by atoms with Gasteiger partial charge in [-0.25, -0.2) is 4.98 Å². The zero-order valence-electron chi connectivity index (χ0n) is 14.4. The zero-order valence-corrected chi connectivity index (χ0v) is 14.4. The molecule has 0 N–H and O–H groups in total. The van der Waals surface area contributed by atoms with Gasteiger partial charge in [0.15, 0.2) is 0 Å². The molecular formula is C17H20N6O3. The van der Waals surface area contributed by atoms with Crippen LogP contribution in [0.1, 0.15) is 38.0 Å². The third-order valence-electron chi connectivity index (χ3n) is 4.94. The van der Waals surface area contributed by atoms with Gasteiger partial charge in [0.05, 0.1) is 6.20 Å². The Morgan fingerprint density at radius 2 is 1.92 bits per heavy atom. The summed E-state index contributed by atoms with van der Waals surface area (Å²) in [5.41, 5.74) is 0.493. The SMILES string of the molecule is O=C1C(=O)N(C2CCCCC2)CCN1Cc1nc(-c2cnccn2)no1. The van der Waals surface area contributed by atoms with Crippen LogP contribution < -0.4 is 0 Å². The van der Waals surface area contributed by atoms with Gasteiger partial charge in [-0.2, -0.15) is 4.98 Å². The standard InChI is InChI=1S/C17H20N6O3/c24-16-17(25)23(12-4-2-1-3-5-12)9-8-22(16)11-14-20-15(21-26-14)13-10-18-6-7-19-13/h6-7,10,12H,1-5,8-9,11H2. The highest BCUT2D eigenvalue weighted by molar-refractivity contribution is 6.35. The third-order valence-corrected chi connectivity index (χ3v) is 4.94. The molecule has 0 spiro atoms. The molecule has 2 amide bonds. The number of hydrogen-bond acceptors (Lipinski definition) is 7. The molecule has 3 heterocycles. The number of rotatable bonds is 4. The molecule has 26 heavy (non-hydrogen) atoms. The van der Waals surface area contributed by atoms with Crippen LogP contribution >= 0.6 is 0 Å². The fourth-order valence-electron chi connectivity index (χ4n) is 3.58. The van der Waals surface area contributed by atoms with Crippen LogP contribution in [0.25, 0.3) is 11.5 Å². The first-order valence-electron chi connectivity index (χ1n) is 8.91. The van der Waals surface area contributed by atoms with Gasteiger partial charge in [0.25, 0.3) is 0 Å². The lowest BCUT2D eigenvalue weighted by Gasteiger charge is -2.39. The highest BCUT2D eigenvalue weighted by Gasteiger charge is 2.37. The molecule has 2 aromatic rings. The minimum atomic E-state index is -0.499. The summed E-state index contributed by atoms with van der Waals surface area (Å²) in [7, 11) is 0. The first-order chi connectivity index (χ1) is 12.7. The predicted octanol–water partition coefficient (Wildman–Crippen LogP) is 1.03. The number of carbonyl (C=O) groups is 2.